The zero-order valence-corrected chi connectivity index (χ0v) is 12.3. The summed E-state index contributed by atoms with van der Waals surface area (Å²) in [6.45, 7) is 1.87. The van der Waals surface area contributed by atoms with Gasteiger partial charge in [0.1, 0.15) is 0 Å². The van der Waals surface area contributed by atoms with Gasteiger partial charge in [0, 0.05) is 0 Å². The lowest BCUT2D eigenvalue weighted by Crippen LogP contribution is -2.11. The van der Waals surface area contributed by atoms with Gasteiger partial charge in [-0.3, -0.25) is 4.72 Å². The van der Waals surface area contributed by atoms with Crippen LogP contribution in [0.15, 0.2) is 28.6 Å². The van der Waals surface area contributed by atoms with Crippen LogP contribution in [0, 0.1) is 6.92 Å². The average molecular weight is 323 g/mol. The van der Waals surface area contributed by atoms with Crippen LogP contribution >= 0.6 is 34.5 Å². The van der Waals surface area contributed by atoms with Crippen LogP contribution in [0.25, 0.3) is 0 Å². The molecule has 2 rings (SSSR count). The molecule has 0 saturated heterocycles. The van der Waals surface area contributed by atoms with Gasteiger partial charge in [-0.25, -0.2) is 13.4 Å². The normalized spacial score (nSPS) is 11.5. The average Bonchev–Trinajstić information content (AvgIpc) is 2.70. The summed E-state index contributed by atoms with van der Waals surface area (Å²) in [7, 11) is -3.69. The molecule has 0 bridgehead atoms. The highest BCUT2D eigenvalue weighted by atomic mass is 35.5. The number of rotatable bonds is 3. The van der Waals surface area contributed by atoms with Crippen molar-refractivity contribution >= 4 is 50.2 Å². The van der Waals surface area contributed by atoms with Gasteiger partial charge in [-0.2, -0.15) is 0 Å². The van der Waals surface area contributed by atoms with Crippen LogP contribution in [0.2, 0.25) is 9.49 Å². The number of aromatic nitrogens is 1. The molecule has 1 heterocycles. The van der Waals surface area contributed by atoms with Crippen LogP contribution in [0.4, 0.5) is 5.69 Å². The van der Waals surface area contributed by atoms with E-state index in [0.717, 1.165) is 16.9 Å². The van der Waals surface area contributed by atoms with E-state index in [1.54, 1.807) is 18.2 Å². The van der Waals surface area contributed by atoms with E-state index in [1.807, 2.05) is 6.92 Å². The summed E-state index contributed by atoms with van der Waals surface area (Å²) in [6.07, 6.45) is 1.21. The van der Waals surface area contributed by atoms with Gasteiger partial charge in [-0.1, -0.05) is 40.6 Å². The quantitative estimate of drug-likeness (QED) is 0.939. The van der Waals surface area contributed by atoms with E-state index in [2.05, 4.69) is 9.71 Å². The van der Waals surface area contributed by atoms with Crippen molar-refractivity contribution in [2.24, 2.45) is 0 Å². The minimum absolute atomic E-state index is 0.0455. The highest BCUT2D eigenvalue weighted by Crippen LogP contribution is 2.28. The number of benzene rings is 1. The monoisotopic (exact) mass is 322 g/mol. The number of nitrogens with zero attached hydrogens (tertiary/aromatic N) is 1. The fourth-order valence-corrected chi connectivity index (χ4v) is 3.97. The summed E-state index contributed by atoms with van der Waals surface area (Å²) in [6, 6.07) is 5.06. The lowest BCUT2D eigenvalue weighted by Gasteiger charge is -2.08. The smallest absolute Gasteiger partial charge is 0.273 e. The van der Waals surface area contributed by atoms with Crippen molar-refractivity contribution in [1.29, 1.82) is 0 Å². The molecule has 0 radical (unpaired) electrons. The molecule has 0 atom stereocenters. The Bertz CT molecular complexity index is 683. The summed E-state index contributed by atoms with van der Waals surface area (Å²) >= 11 is 12.5. The third-order valence-electron chi connectivity index (χ3n) is 2.09. The molecule has 1 N–H and O–H groups in total. The van der Waals surface area contributed by atoms with Crippen LogP contribution in [0.1, 0.15) is 5.56 Å². The Kier molecular flexibility index (Phi) is 3.82. The molecule has 0 spiro atoms. The van der Waals surface area contributed by atoms with E-state index in [4.69, 9.17) is 23.2 Å². The lowest BCUT2D eigenvalue weighted by atomic mass is 10.2. The van der Waals surface area contributed by atoms with Crippen molar-refractivity contribution < 1.29 is 8.42 Å². The van der Waals surface area contributed by atoms with E-state index in [1.165, 1.54) is 6.20 Å². The van der Waals surface area contributed by atoms with E-state index >= 15 is 0 Å². The van der Waals surface area contributed by atoms with Gasteiger partial charge < -0.3 is 0 Å². The molecule has 0 fully saturated rings. The first-order chi connectivity index (χ1) is 8.38. The predicted molar refractivity (Wildman–Crippen MR) is 74.1 cm³/mol. The molecule has 0 aliphatic rings. The highest BCUT2D eigenvalue weighted by molar-refractivity contribution is 7.94. The standard InChI is InChI=1S/C10H8Cl2N2O2S2/c1-6-2-3-8(7(11)4-6)14-18(15,16)9-5-13-10(12)17-9/h2-5,14H,1H3. The third-order valence-corrected chi connectivity index (χ3v) is 5.34. The van der Waals surface area contributed by atoms with Gasteiger partial charge in [0.05, 0.1) is 16.9 Å². The number of hydrogen-bond acceptors (Lipinski definition) is 4. The maximum Gasteiger partial charge on any atom is 0.273 e. The molecular formula is C10H8Cl2N2O2S2. The van der Waals surface area contributed by atoms with Crippen LogP contribution < -0.4 is 4.72 Å². The molecule has 1 aromatic carbocycles. The van der Waals surface area contributed by atoms with Crippen molar-refractivity contribution in [2.75, 3.05) is 4.72 Å². The number of anilines is 1. The summed E-state index contributed by atoms with van der Waals surface area (Å²) in [5.74, 6) is 0. The van der Waals surface area contributed by atoms with Crippen LogP contribution in [0.5, 0.6) is 0 Å². The molecule has 8 heteroatoms. The van der Waals surface area contributed by atoms with Crippen LogP contribution in [-0.2, 0) is 10.0 Å². The Morgan fingerprint density at radius 2 is 2.06 bits per heavy atom. The molecule has 96 valence electrons. The number of hydrogen-bond donors (Lipinski definition) is 1. The maximum atomic E-state index is 12.0. The topological polar surface area (TPSA) is 59.1 Å². The zero-order valence-electron chi connectivity index (χ0n) is 9.15. The lowest BCUT2D eigenvalue weighted by molar-refractivity contribution is 0.603. The molecule has 0 amide bonds. The molecule has 18 heavy (non-hydrogen) atoms. The summed E-state index contributed by atoms with van der Waals surface area (Å²) in [5.41, 5.74) is 1.27. The Balaban J connectivity index is 2.33. The molecule has 0 unspecified atom stereocenters. The number of nitrogens with one attached hydrogen (secondary N) is 1. The molecule has 1 aromatic heterocycles. The first kappa shape index (κ1) is 13.6. The molecule has 4 nitrogen and oxygen atoms in total. The Morgan fingerprint density at radius 1 is 1.33 bits per heavy atom. The fraction of sp³-hybridized carbons (Fsp3) is 0.100. The number of sulfonamides is 1. The van der Waals surface area contributed by atoms with E-state index in [-0.39, 0.29) is 8.68 Å². The Morgan fingerprint density at radius 3 is 2.61 bits per heavy atom. The van der Waals surface area contributed by atoms with E-state index in [0.29, 0.717) is 10.7 Å². The van der Waals surface area contributed by atoms with Gasteiger partial charge in [0.2, 0.25) is 0 Å². The minimum Gasteiger partial charge on any atom is -0.277 e. The van der Waals surface area contributed by atoms with Gasteiger partial charge >= 0.3 is 0 Å². The van der Waals surface area contributed by atoms with Gasteiger partial charge in [0.25, 0.3) is 10.0 Å². The second-order valence-corrected chi connectivity index (χ2v) is 7.45. The van der Waals surface area contributed by atoms with Crippen molar-refractivity contribution in [3.05, 3.63) is 39.4 Å². The molecular weight excluding hydrogens is 315 g/mol. The Hall–Kier alpha value is -0.820. The van der Waals surface area contributed by atoms with Crippen molar-refractivity contribution in [1.82, 2.24) is 4.98 Å². The largest absolute Gasteiger partial charge is 0.277 e. The first-order valence-electron chi connectivity index (χ1n) is 4.79. The molecule has 2 aromatic rings. The van der Waals surface area contributed by atoms with Gasteiger partial charge in [-0.05, 0) is 24.6 Å². The number of aryl methyl sites for hydroxylation is 1. The number of halogens is 2. The van der Waals surface area contributed by atoms with E-state index < -0.39 is 10.0 Å². The Labute approximate surface area is 119 Å². The van der Waals surface area contributed by atoms with Crippen LogP contribution in [-0.4, -0.2) is 13.4 Å². The summed E-state index contributed by atoms with van der Waals surface area (Å²) < 4.78 is 26.6. The highest BCUT2D eigenvalue weighted by Gasteiger charge is 2.18. The van der Waals surface area contributed by atoms with Crippen molar-refractivity contribution in [2.45, 2.75) is 11.1 Å². The second-order valence-electron chi connectivity index (χ2n) is 3.52. The van der Waals surface area contributed by atoms with Crippen molar-refractivity contribution in [3.63, 3.8) is 0 Å². The summed E-state index contributed by atoms with van der Waals surface area (Å²) in [5, 5.41) is 0.342. The zero-order chi connectivity index (χ0) is 13.3. The first-order valence-corrected chi connectivity index (χ1v) is 7.84. The SMILES string of the molecule is Cc1ccc(NS(=O)(=O)c2cnc(Cl)s2)c(Cl)c1. The van der Waals surface area contributed by atoms with E-state index in [9.17, 15) is 8.42 Å². The van der Waals surface area contributed by atoms with Gasteiger partial charge in [0.15, 0.2) is 8.68 Å². The van der Waals surface area contributed by atoms with Crippen LogP contribution in [0.3, 0.4) is 0 Å². The van der Waals surface area contributed by atoms with Gasteiger partial charge in [-0.15, -0.1) is 0 Å². The molecule has 0 aliphatic heterocycles. The number of thiazole rings is 1. The summed E-state index contributed by atoms with van der Waals surface area (Å²) in [4.78, 5) is 3.69. The fourth-order valence-electron chi connectivity index (χ4n) is 1.26. The third kappa shape index (κ3) is 2.95. The molecule has 0 aliphatic carbocycles. The minimum atomic E-state index is -3.69. The second kappa shape index (κ2) is 5.05. The predicted octanol–water partition coefficient (Wildman–Crippen LogP) is 3.56. The maximum absolute atomic E-state index is 12.0. The van der Waals surface area contributed by atoms with Crippen molar-refractivity contribution in [3.8, 4) is 0 Å². The molecule has 0 saturated carbocycles.